The predicted octanol–water partition coefficient (Wildman–Crippen LogP) is 6.48. The second kappa shape index (κ2) is 9.57. The third-order valence-corrected chi connectivity index (χ3v) is 6.38. The van der Waals surface area contributed by atoms with Gasteiger partial charge in [0.15, 0.2) is 5.17 Å². The molecule has 0 saturated carbocycles. The molecule has 0 saturated heterocycles. The molecule has 5 nitrogen and oxygen atoms in total. The highest BCUT2D eigenvalue weighted by atomic mass is 35.5. The zero-order valence-corrected chi connectivity index (χ0v) is 19.6. The van der Waals surface area contributed by atoms with Gasteiger partial charge >= 0.3 is 5.97 Å². The molecular weight excluding hydrogens is 474 g/mol. The summed E-state index contributed by atoms with van der Waals surface area (Å²) in [7, 11) is 0. The van der Waals surface area contributed by atoms with Gasteiger partial charge in [0.05, 0.1) is 28.9 Å². The first-order valence-corrected chi connectivity index (χ1v) is 11.5. The summed E-state index contributed by atoms with van der Waals surface area (Å²) in [6.07, 6.45) is 1.85. The minimum atomic E-state index is -0.572. The lowest BCUT2D eigenvalue weighted by Gasteiger charge is -2.34. The van der Waals surface area contributed by atoms with E-state index in [9.17, 15) is 9.18 Å². The molecule has 2 aliphatic rings. The third-order valence-electron chi connectivity index (χ3n) is 5.02. The Morgan fingerprint density at radius 1 is 1.28 bits per heavy atom. The van der Waals surface area contributed by atoms with Gasteiger partial charge in [-0.25, -0.2) is 14.2 Å². The van der Waals surface area contributed by atoms with Crippen molar-refractivity contribution in [3.8, 4) is 5.75 Å². The van der Waals surface area contributed by atoms with Gasteiger partial charge in [-0.1, -0.05) is 41.0 Å². The van der Waals surface area contributed by atoms with E-state index in [2.05, 4.69) is 4.99 Å². The maximum atomic E-state index is 14.3. The van der Waals surface area contributed by atoms with E-state index < -0.39 is 17.8 Å². The Labute approximate surface area is 199 Å². The van der Waals surface area contributed by atoms with Crippen molar-refractivity contribution >= 4 is 46.1 Å². The van der Waals surface area contributed by atoms with E-state index in [1.165, 1.54) is 23.9 Å². The summed E-state index contributed by atoms with van der Waals surface area (Å²) in [5.74, 6) is -0.479. The van der Waals surface area contributed by atoms with Crippen LogP contribution in [0.15, 0.2) is 64.3 Å². The third kappa shape index (κ3) is 4.37. The van der Waals surface area contributed by atoms with Gasteiger partial charge in [-0.05, 0) is 49.6 Å². The molecule has 2 heterocycles. The summed E-state index contributed by atoms with van der Waals surface area (Å²) in [6.45, 7) is 3.66. The van der Waals surface area contributed by atoms with Gasteiger partial charge in [0.2, 0.25) is 0 Å². The predicted molar refractivity (Wildman–Crippen MR) is 125 cm³/mol. The van der Waals surface area contributed by atoms with E-state index in [0.717, 1.165) is 5.17 Å². The van der Waals surface area contributed by atoms with E-state index in [0.29, 0.717) is 27.6 Å². The van der Waals surface area contributed by atoms with Crippen molar-refractivity contribution in [2.75, 3.05) is 6.61 Å². The van der Waals surface area contributed by atoms with Crippen LogP contribution in [0.1, 0.15) is 31.0 Å². The zero-order valence-electron chi connectivity index (χ0n) is 17.3. The Kier molecular flexibility index (Phi) is 6.79. The number of fused-ring (bicyclic) bond motifs is 1. The van der Waals surface area contributed by atoms with Crippen LogP contribution >= 0.6 is 35.0 Å². The Bertz CT molecular complexity index is 1150. The van der Waals surface area contributed by atoms with Crippen LogP contribution in [0, 0.1) is 5.82 Å². The fourth-order valence-corrected chi connectivity index (χ4v) is 4.75. The molecule has 166 valence electrons. The van der Waals surface area contributed by atoms with Crippen LogP contribution in [-0.2, 0) is 16.1 Å². The minimum Gasteiger partial charge on any atom is -0.488 e. The lowest BCUT2D eigenvalue weighted by molar-refractivity contribution is -0.139. The van der Waals surface area contributed by atoms with Gasteiger partial charge in [-0.2, -0.15) is 0 Å². The molecule has 2 aromatic rings. The molecule has 0 bridgehead atoms. The molecule has 0 radical (unpaired) electrons. The number of aliphatic imine (C=N–C) groups is 1. The zero-order chi connectivity index (χ0) is 22.8. The molecule has 0 aromatic heterocycles. The lowest BCUT2D eigenvalue weighted by Crippen LogP contribution is -2.34. The second-order valence-electron chi connectivity index (χ2n) is 7.00. The quantitative estimate of drug-likeness (QED) is 0.432. The van der Waals surface area contributed by atoms with Crippen molar-refractivity contribution in [3.63, 3.8) is 0 Å². The molecule has 0 N–H and O–H groups in total. The monoisotopic (exact) mass is 492 g/mol. The number of amidine groups is 1. The maximum Gasteiger partial charge on any atom is 0.338 e. The van der Waals surface area contributed by atoms with E-state index in [4.69, 9.17) is 32.7 Å². The summed E-state index contributed by atoms with van der Waals surface area (Å²) in [4.78, 5) is 19.3. The highest BCUT2D eigenvalue weighted by Gasteiger charge is 2.39. The number of carbonyl (C=O) groups is 1. The summed E-state index contributed by atoms with van der Waals surface area (Å²) in [5.41, 5.74) is 1.82. The van der Waals surface area contributed by atoms with Crippen molar-refractivity contribution in [3.05, 3.63) is 86.3 Å². The number of esters is 1. The number of allylic oxidation sites excluding steroid dienone is 1. The maximum absolute atomic E-state index is 14.3. The van der Waals surface area contributed by atoms with E-state index >= 15 is 0 Å². The average Bonchev–Trinajstić information content (AvgIpc) is 3.21. The fraction of sp³-hybridized carbons (Fsp3) is 0.217. The number of nitrogens with zero attached hydrogens (tertiary/aromatic N) is 2. The molecule has 1 atom stereocenters. The number of rotatable bonds is 6. The van der Waals surface area contributed by atoms with Crippen LogP contribution in [0.2, 0.25) is 10.0 Å². The summed E-state index contributed by atoms with van der Waals surface area (Å²) < 4.78 is 25.6. The van der Waals surface area contributed by atoms with Gasteiger partial charge in [-0.3, -0.25) is 0 Å². The molecule has 0 unspecified atom stereocenters. The first-order chi connectivity index (χ1) is 15.4. The summed E-state index contributed by atoms with van der Waals surface area (Å²) in [5, 5.41) is 3.35. The smallest absolute Gasteiger partial charge is 0.338 e. The van der Waals surface area contributed by atoms with Crippen molar-refractivity contribution in [2.45, 2.75) is 26.5 Å². The first-order valence-electron chi connectivity index (χ1n) is 9.84. The molecule has 0 aliphatic carbocycles. The van der Waals surface area contributed by atoms with Crippen LogP contribution in [0.5, 0.6) is 5.75 Å². The SMILES string of the molecule is CCOC(=O)C1=C(C)N=C2SC=CN2[C@H]1c1cc(Cl)ccc1OCc1c(F)cccc1Cl. The Balaban J connectivity index is 1.77. The minimum absolute atomic E-state index is 0.0875. The van der Waals surface area contributed by atoms with Crippen LogP contribution in [0.4, 0.5) is 4.39 Å². The van der Waals surface area contributed by atoms with E-state index in [1.807, 2.05) is 16.5 Å². The van der Waals surface area contributed by atoms with Gasteiger partial charge in [-0.15, -0.1) is 0 Å². The Morgan fingerprint density at radius 3 is 2.84 bits per heavy atom. The molecule has 0 amide bonds. The Hall–Kier alpha value is -2.48. The van der Waals surface area contributed by atoms with Gasteiger partial charge in [0, 0.05) is 22.3 Å². The molecule has 0 fully saturated rings. The van der Waals surface area contributed by atoms with Crippen LogP contribution in [-0.4, -0.2) is 22.6 Å². The average molecular weight is 493 g/mol. The highest BCUT2D eigenvalue weighted by molar-refractivity contribution is 8.16. The van der Waals surface area contributed by atoms with Crippen LogP contribution < -0.4 is 4.74 Å². The molecule has 4 rings (SSSR count). The summed E-state index contributed by atoms with van der Waals surface area (Å²) in [6, 6.07) is 9.00. The number of carbonyl (C=O) groups excluding carboxylic acids is 1. The van der Waals surface area contributed by atoms with Gasteiger partial charge < -0.3 is 14.4 Å². The van der Waals surface area contributed by atoms with E-state index in [1.54, 1.807) is 38.1 Å². The van der Waals surface area contributed by atoms with Crippen molar-refractivity contribution < 1.29 is 18.7 Å². The van der Waals surface area contributed by atoms with Crippen molar-refractivity contribution in [1.82, 2.24) is 4.90 Å². The number of thioether (sulfide) groups is 1. The Morgan fingerprint density at radius 2 is 2.09 bits per heavy atom. The van der Waals surface area contributed by atoms with Crippen LogP contribution in [0.25, 0.3) is 0 Å². The number of hydrogen-bond acceptors (Lipinski definition) is 6. The van der Waals surface area contributed by atoms with Crippen LogP contribution in [0.3, 0.4) is 0 Å². The van der Waals surface area contributed by atoms with Gasteiger partial charge in [0.25, 0.3) is 0 Å². The number of ether oxygens (including phenoxy) is 2. The number of halogens is 3. The number of hydrogen-bond donors (Lipinski definition) is 0. The largest absolute Gasteiger partial charge is 0.488 e. The van der Waals surface area contributed by atoms with E-state index in [-0.39, 0.29) is 23.8 Å². The van der Waals surface area contributed by atoms with Gasteiger partial charge in [0.1, 0.15) is 18.2 Å². The molecule has 2 aliphatic heterocycles. The molecular formula is C23H19Cl2FN2O3S. The molecule has 9 heteroatoms. The highest BCUT2D eigenvalue weighted by Crippen LogP contribution is 2.44. The topological polar surface area (TPSA) is 51.1 Å². The normalized spacial score (nSPS) is 17.3. The van der Waals surface area contributed by atoms with Crippen molar-refractivity contribution in [2.24, 2.45) is 4.99 Å². The standard InChI is InChI=1S/C23H19Cl2FN2O3S/c1-3-30-22(29)20-13(2)27-23-28(9-10-32-23)21(20)15-11-14(24)7-8-19(15)31-12-16-17(25)5-4-6-18(16)26/h4-11,21H,3,12H2,1-2H3/t21-/m0/s1. The molecule has 32 heavy (non-hydrogen) atoms. The lowest BCUT2D eigenvalue weighted by atomic mass is 9.94. The molecule has 2 aromatic carbocycles. The second-order valence-corrected chi connectivity index (χ2v) is 8.71. The molecule has 0 spiro atoms. The first kappa shape index (κ1) is 22.7. The number of benzene rings is 2. The summed E-state index contributed by atoms with van der Waals surface area (Å²) >= 11 is 13.9. The fourth-order valence-electron chi connectivity index (χ4n) is 3.56. The van der Waals surface area contributed by atoms with Crippen molar-refractivity contribution in [1.29, 1.82) is 0 Å².